The molecule has 0 fully saturated rings. The average Bonchev–Trinajstić information content (AvgIpc) is 2.88. The van der Waals surface area contributed by atoms with Crippen molar-refractivity contribution in [2.75, 3.05) is 5.32 Å². The zero-order chi connectivity index (χ0) is 17.3. The fourth-order valence-corrected chi connectivity index (χ4v) is 3.21. The minimum Gasteiger partial charge on any atom is -0.366 e. The Morgan fingerprint density at radius 2 is 2.08 bits per heavy atom. The van der Waals surface area contributed by atoms with E-state index in [2.05, 4.69) is 26.3 Å². The molecule has 3 aromatic rings. The second kappa shape index (κ2) is 6.67. The Hall–Kier alpha value is -2.31. The molecule has 0 aliphatic carbocycles. The predicted molar refractivity (Wildman–Crippen MR) is 99.6 cm³/mol. The summed E-state index contributed by atoms with van der Waals surface area (Å²) in [4.78, 5) is 11.2. The van der Waals surface area contributed by atoms with Crippen molar-refractivity contribution in [1.82, 2.24) is 9.78 Å². The molecule has 122 valence electrons. The standard InChI is InChI=1S/C17H14BrClN4O/c1-23-16(13(18)9-21-23)10-3-2-4-12(7-10)22-15-6-5-11(17(20)24)8-14(15)19/h2-9,22H,1H3,(H2,20,24). The summed E-state index contributed by atoms with van der Waals surface area (Å²) in [5.41, 5.74) is 9.19. The number of anilines is 2. The van der Waals surface area contributed by atoms with Gasteiger partial charge in [0.15, 0.2) is 0 Å². The number of rotatable bonds is 4. The van der Waals surface area contributed by atoms with Gasteiger partial charge in [-0.1, -0.05) is 23.7 Å². The van der Waals surface area contributed by atoms with Crippen molar-refractivity contribution in [2.45, 2.75) is 0 Å². The maximum absolute atomic E-state index is 11.2. The molecule has 1 aromatic heterocycles. The van der Waals surface area contributed by atoms with Crippen molar-refractivity contribution in [3.8, 4) is 11.3 Å². The lowest BCUT2D eigenvalue weighted by molar-refractivity contribution is 0.100. The number of aromatic nitrogens is 2. The molecule has 0 aliphatic rings. The van der Waals surface area contributed by atoms with E-state index in [-0.39, 0.29) is 0 Å². The first-order valence-corrected chi connectivity index (χ1v) is 8.27. The predicted octanol–water partition coefficient (Wildman–Crippen LogP) is 4.35. The minimum absolute atomic E-state index is 0.373. The number of nitrogens with one attached hydrogen (secondary N) is 1. The molecule has 3 rings (SSSR count). The highest BCUT2D eigenvalue weighted by Crippen LogP contribution is 2.31. The summed E-state index contributed by atoms with van der Waals surface area (Å²) < 4.78 is 2.73. The van der Waals surface area contributed by atoms with Gasteiger partial charge < -0.3 is 11.1 Å². The van der Waals surface area contributed by atoms with E-state index in [4.69, 9.17) is 17.3 Å². The van der Waals surface area contributed by atoms with Gasteiger partial charge >= 0.3 is 0 Å². The third-order valence-corrected chi connectivity index (χ3v) is 4.46. The summed E-state index contributed by atoms with van der Waals surface area (Å²) in [5, 5.41) is 7.91. The van der Waals surface area contributed by atoms with Crippen LogP contribution in [0.4, 0.5) is 11.4 Å². The Labute approximate surface area is 152 Å². The normalized spacial score (nSPS) is 10.6. The summed E-state index contributed by atoms with van der Waals surface area (Å²) >= 11 is 9.73. The van der Waals surface area contributed by atoms with Crippen LogP contribution in [0, 0.1) is 0 Å². The molecule has 0 saturated heterocycles. The second-order valence-electron chi connectivity index (χ2n) is 5.23. The highest BCUT2D eigenvalue weighted by molar-refractivity contribution is 9.10. The largest absolute Gasteiger partial charge is 0.366 e. The van der Waals surface area contributed by atoms with Gasteiger partial charge in [-0.3, -0.25) is 9.48 Å². The number of carbonyl (C=O) groups excluding carboxylic acids is 1. The van der Waals surface area contributed by atoms with Crippen LogP contribution in [-0.4, -0.2) is 15.7 Å². The van der Waals surface area contributed by atoms with Gasteiger partial charge in [0.2, 0.25) is 5.91 Å². The third kappa shape index (κ3) is 3.29. The summed E-state index contributed by atoms with van der Waals surface area (Å²) in [7, 11) is 1.89. The van der Waals surface area contributed by atoms with Crippen LogP contribution in [0.2, 0.25) is 5.02 Å². The van der Waals surface area contributed by atoms with E-state index >= 15 is 0 Å². The lowest BCUT2D eigenvalue weighted by Gasteiger charge is -2.11. The number of hydrogen-bond acceptors (Lipinski definition) is 3. The number of benzene rings is 2. The van der Waals surface area contributed by atoms with Crippen molar-refractivity contribution in [1.29, 1.82) is 0 Å². The minimum atomic E-state index is -0.508. The van der Waals surface area contributed by atoms with Crippen molar-refractivity contribution in [3.63, 3.8) is 0 Å². The summed E-state index contributed by atoms with van der Waals surface area (Å²) in [6, 6.07) is 12.8. The van der Waals surface area contributed by atoms with Gasteiger partial charge in [0, 0.05) is 23.9 Å². The molecule has 7 heteroatoms. The quantitative estimate of drug-likeness (QED) is 0.678. The monoisotopic (exact) mass is 404 g/mol. The van der Waals surface area contributed by atoms with Crippen molar-refractivity contribution in [3.05, 3.63) is 63.7 Å². The Morgan fingerprint density at radius 3 is 2.71 bits per heavy atom. The van der Waals surface area contributed by atoms with E-state index in [0.717, 1.165) is 21.4 Å². The van der Waals surface area contributed by atoms with Gasteiger partial charge in [-0.15, -0.1) is 0 Å². The SMILES string of the molecule is Cn1ncc(Br)c1-c1cccc(Nc2ccc(C(N)=O)cc2Cl)c1. The molecule has 0 spiro atoms. The Morgan fingerprint density at radius 1 is 1.29 bits per heavy atom. The van der Waals surface area contributed by atoms with Crippen molar-refractivity contribution in [2.24, 2.45) is 12.8 Å². The Bertz CT molecular complexity index is 903. The van der Waals surface area contributed by atoms with Crippen LogP contribution in [0.15, 0.2) is 53.1 Å². The molecule has 0 atom stereocenters. The summed E-state index contributed by atoms with van der Waals surface area (Å²) in [6.07, 6.45) is 1.76. The lowest BCUT2D eigenvalue weighted by Crippen LogP contribution is -2.10. The second-order valence-corrected chi connectivity index (χ2v) is 6.49. The summed E-state index contributed by atoms with van der Waals surface area (Å²) in [5.74, 6) is -0.508. The average molecular weight is 406 g/mol. The molecule has 2 aromatic carbocycles. The summed E-state index contributed by atoms with van der Waals surface area (Å²) in [6.45, 7) is 0. The fraction of sp³-hybridized carbons (Fsp3) is 0.0588. The van der Waals surface area contributed by atoms with Crippen molar-refractivity contribution >= 4 is 44.8 Å². The molecule has 0 aliphatic heterocycles. The van der Waals surface area contributed by atoms with Gasteiger partial charge in [0.1, 0.15) is 0 Å². The first-order valence-electron chi connectivity index (χ1n) is 7.10. The molecule has 0 radical (unpaired) electrons. The molecular formula is C17H14BrClN4O. The third-order valence-electron chi connectivity index (χ3n) is 3.56. The first-order chi connectivity index (χ1) is 11.5. The van der Waals surface area contributed by atoms with Crippen LogP contribution in [0.5, 0.6) is 0 Å². The van der Waals surface area contributed by atoms with Crippen LogP contribution in [-0.2, 0) is 7.05 Å². The highest BCUT2D eigenvalue weighted by Gasteiger charge is 2.10. The van der Waals surface area contributed by atoms with Crippen LogP contribution >= 0.6 is 27.5 Å². The van der Waals surface area contributed by atoms with E-state index in [1.54, 1.807) is 29.1 Å². The lowest BCUT2D eigenvalue weighted by atomic mass is 10.1. The maximum atomic E-state index is 11.2. The number of aryl methyl sites for hydroxylation is 1. The number of nitrogens with zero attached hydrogens (tertiary/aromatic N) is 2. The molecule has 0 unspecified atom stereocenters. The van der Waals surface area contributed by atoms with Gasteiger partial charge in [-0.25, -0.2) is 0 Å². The molecule has 0 saturated carbocycles. The van der Waals surface area contributed by atoms with E-state index in [1.165, 1.54) is 0 Å². The number of nitrogens with two attached hydrogens (primary N) is 1. The molecule has 5 nitrogen and oxygen atoms in total. The van der Waals surface area contributed by atoms with Crippen LogP contribution < -0.4 is 11.1 Å². The smallest absolute Gasteiger partial charge is 0.248 e. The molecule has 1 heterocycles. The number of hydrogen-bond donors (Lipinski definition) is 2. The van der Waals surface area contributed by atoms with Gasteiger partial charge in [0.05, 0.1) is 27.1 Å². The maximum Gasteiger partial charge on any atom is 0.248 e. The van der Waals surface area contributed by atoms with E-state index in [9.17, 15) is 4.79 Å². The highest BCUT2D eigenvalue weighted by atomic mass is 79.9. The number of halogens is 2. The molecule has 3 N–H and O–H groups in total. The molecular weight excluding hydrogens is 392 g/mol. The Kier molecular flexibility index (Phi) is 4.59. The van der Waals surface area contributed by atoms with E-state index < -0.39 is 5.91 Å². The number of amides is 1. The van der Waals surface area contributed by atoms with Gasteiger partial charge in [0.25, 0.3) is 0 Å². The van der Waals surface area contributed by atoms with E-state index in [0.29, 0.717) is 16.3 Å². The topological polar surface area (TPSA) is 72.9 Å². The zero-order valence-corrected chi connectivity index (χ0v) is 15.1. The van der Waals surface area contributed by atoms with Crippen LogP contribution in [0.1, 0.15) is 10.4 Å². The van der Waals surface area contributed by atoms with Crippen molar-refractivity contribution < 1.29 is 4.79 Å². The zero-order valence-electron chi connectivity index (χ0n) is 12.8. The number of carbonyl (C=O) groups is 1. The van der Waals surface area contributed by atoms with E-state index in [1.807, 2.05) is 31.3 Å². The first kappa shape index (κ1) is 16.5. The number of primary amides is 1. The van der Waals surface area contributed by atoms with Gasteiger partial charge in [-0.05, 0) is 46.3 Å². The molecule has 1 amide bonds. The molecule has 24 heavy (non-hydrogen) atoms. The Balaban J connectivity index is 1.92. The van der Waals surface area contributed by atoms with Gasteiger partial charge in [-0.2, -0.15) is 5.10 Å². The van der Waals surface area contributed by atoms with Crippen LogP contribution in [0.3, 0.4) is 0 Å². The molecule has 0 bridgehead atoms. The van der Waals surface area contributed by atoms with Crippen LogP contribution in [0.25, 0.3) is 11.3 Å². The fourth-order valence-electron chi connectivity index (χ4n) is 2.40.